The lowest BCUT2D eigenvalue weighted by molar-refractivity contribution is -0.385. The van der Waals surface area contributed by atoms with Gasteiger partial charge in [-0.05, 0) is 31.2 Å². The van der Waals surface area contributed by atoms with Crippen molar-refractivity contribution in [3.8, 4) is 11.5 Å². The van der Waals surface area contributed by atoms with Gasteiger partial charge in [-0.25, -0.2) is 0 Å². The number of halogens is 1. The lowest BCUT2D eigenvalue weighted by Gasteiger charge is -2.10. The van der Waals surface area contributed by atoms with Crippen LogP contribution in [0.25, 0.3) is 0 Å². The third-order valence-corrected chi connectivity index (χ3v) is 3.23. The van der Waals surface area contributed by atoms with Crippen LogP contribution in [0.2, 0.25) is 5.02 Å². The van der Waals surface area contributed by atoms with Crippen molar-refractivity contribution in [2.45, 2.75) is 6.92 Å². The topological polar surface area (TPSA) is 86.0 Å². The first-order valence-corrected chi connectivity index (χ1v) is 7.46. The van der Waals surface area contributed by atoms with E-state index in [4.69, 9.17) is 21.1 Å². The molecule has 7 nitrogen and oxygen atoms in total. The fourth-order valence-corrected chi connectivity index (χ4v) is 2.19. The summed E-state index contributed by atoms with van der Waals surface area (Å²) in [6, 6.07) is 10.0. The highest BCUT2D eigenvalue weighted by Gasteiger charge is 2.21. The Labute approximate surface area is 144 Å². The molecule has 0 atom stereocenters. The average Bonchev–Trinajstić information content (AvgIpc) is 2.55. The summed E-state index contributed by atoms with van der Waals surface area (Å²) in [5.74, 6) is 0.375. The fraction of sp³-hybridized carbons (Fsp3) is 0.188. The summed E-state index contributed by atoms with van der Waals surface area (Å²) >= 11 is 5.89. The van der Waals surface area contributed by atoms with Crippen LogP contribution in [0.15, 0.2) is 41.5 Å². The first-order valence-electron chi connectivity index (χ1n) is 7.09. The van der Waals surface area contributed by atoms with Gasteiger partial charge in [-0.3, -0.25) is 15.5 Å². The Bertz CT molecular complexity index is 765. The number of hydrogen-bond acceptors (Lipinski definition) is 6. The summed E-state index contributed by atoms with van der Waals surface area (Å²) in [5.41, 5.74) is 3.82. The summed E-state index contributed by atoms with van der Waals surface area (Å²) in [7, 11) is 1.42. The largest absolute Gasteiger partial charge is 0.493 e. The minimum Gasteiger partial charge on any atom is -0.493 e. The standard InChI is InChI=1S/C16H16ClN3O4/c1-3-24-16-14(20(21)22)7-11(8-15(16)23-2)10-18-19-13-6-4-5-12(17)9-13/h4-10,19H,3H2,1-2H3. The minimum atomic E-state index is -0.519. The van der Waals surface area contributed by atoms with Crippen LogP contribution in [0.3, 0.4) is 0 Å². The van der Waals surface area contributed by atoms with Crippen LogP contribution in [0.1, 0.15) is 12.5 Å². The second-order valence-corrected chi connectivity index (χ2v) is 5.08. The number of rotatable bonds is 7. The molecule has 0 saturated heterocycles. The number of hydrazone groups is 1. The monoisotopic (exact) mass is 349 g/mol. The molecule has 0 bridgehead atoms. The van der Waals surface area contributed by atoms with Crippen LogP contribution in [0.5, 0.6) is 11.5 Å². The van der Waals surface area contributed by atoms with Crippen molar-refractivity contribution in [1.29, 1.82) is 0 Å². The maximum absolute atomic E-state index is 11.2. The minimum absolute atomic E-state index is 0.102. The third kappa shape index (κ3) is 4.36. The Morgan fingerprint density at radius 2 is 2.17 bits per heavy atom. The van der Waals surface area contributed by atoms with Crippen LogP contribution in [0, 0.1) is 10.1 Å². The van der Waals surface area contributed by atoms with E-state index in [1.54, 1.807) is 37.3 Å². The van der Waals surface area contributed by atoms with E-state index in [2.05, 4.69) is 10.5 Å². The lowest BCUT2D eigenvalue weighted by atomic mass is 10.2. The Balaban J connectivity index is 2.28. The molecule has 0 amide bonds. The maximum Gasteiger partial charge on any atom is 0.315 e. The Kier molecular flexibility index (Phi) is 5.97. The van der Waals surface area contributed by atoms with Crippen molar-refractivity contribution in [2.75, 3.05) is 19.1 Å². The molecule has 1 N–H and O–H groups in total. The van der Waals surface area contributed by atoms with Crippen LogP contribution >= 0.6 is 11.6 Å². The smallest absolute Gasteiger partial charge is 0.315 e. The Morgan fingerprint density at radius 3 is 2.79 bits per heavy atom. The molecular weight excluding hydrogens is 334 g/mol. The van der Waals surface area contributed by atoms with Gasteiger partial charge in [0.25, 0.3) is 0 Å². The van der Waals surface area contributed by atoms with Crippen LogP contribution < -0.4 is 14.9 Å². The number of ether oxygens (including phenoxy) is 2. The molecule has 2 aromatic rings. The highest BCUT2D eigenvalue weighted by molar-refractivity contribution is 6.30. The summed E-state index contributed by atoms with van der Waals surface area (Å²) < 4.78 is 10.5. The molecule has 2 rings (SSSR count). The second-order valence-electron chi connectivity index (χ2n) is 4.64. The molecule has 24 heavy (non-hydrogen) atoms. The van der Waals surface area contributed by atoms with Crippen LogP contribution in [-0.4, -0.2) is 24.9 Å². The van der Waals surface area contributed by atoms with Gasteiger partial charge in [-0.1, -0.05) is 17.7 Å². The number of nitrogens with one attached hydrogen (secondary N) is 1. The van der Waals surface area contributed by atoms with Gasteiger partial charge in [-0.2, -0.15) is 5.10 Å². The molecule has 0 saturated carbocycles. The molecule has 0 radical (unpaired) electrons. The lowest BCUT2D eigenvalue weighted by Crippen LogP contribution is -2.02. The predicted octanol–water partition coefficient (Wildman–Crippen LogP) is 4.10. The summed E-state index contributed by atoms with van der Waals surface area (Å²) in [6.07, 6.45) is 1.45. The zero-order valence-corrected chi connectivity index (χ0v) is 13.9. The van der Waals surface area contributed by atoms with Gasteiger partial charge in [0.05, 0.1) is 30.5 Å². The van der Waals surface area contributed by atoms with Gasteiger partial charge in [0, 0.05) is 16.7 Å². The molecule has 8 heteroatoms. The molecule has 0 unspecified atom stereocenters. The first kappa shape index (κ1) is 17.6. The van der Waals surface area contributed by atoms with E-state index in [-0.39, 0.29) is 17.2 Å². The van der Waals surface area contributed by atoms with Crippen LogP contribution in [0.4, 0.5) is 11.4 Å². The van der Waals surface area contributed by atoms with E-state index in [0.717, 1.165) is 0 Å². The van der Waals surface area contributed by atoms with Crippen molar-refractivity contribution in [1.82, 2.24) is 0 Å². The van der Waals surface area contributed by atoms with E-state index in [1.807, 2.05) is 0 Å². The quantitative estimate of drug-likeness (QED) is 0.462. The van der Waals surface area contributed by atoms with E-state index >= 15 is 0 Å². The number of anilines is 1. The van der Waals surface area contributed by atoms with E-state index in [1.165, 1.54) is 19.4 Å². The summed E-state index contributed by atoms with van der Waals surface area (Å²) in [5, 5.41) is 15.9. The Hall–Kier alpha value is -2.80. The normalized spacial score (nSPS) is 10.6. The molecule has 0 spiro atoms. The van der Waals surface area contributed by atoms with E-state index < -0.39 is 4.92 Å². The predicted molar refractivity (Wildman–Crippen MR) is 93.5 cm³/mol. The van der Waals surface area contributed by atoms with Crippen molar-refractivity contribution in [3.63, 3.8) is 0 Å². The molecule has 126 valence electrons. The van der Waals surface area contributed by atoms with Gasteiger partial charge >= 0.3 is 5.69 Å². The molecule has 0 fully saturated rings. The number of hydrogen-bond donors (Lipinski definition) is 1. The van der Waals surface area contributed by atoms with Gasteiger partial charge < -0.3 is 9.47 Å². The molecule has 0 aromatic heterocycles. The van der Waals surface area contributed by atoms with Gasteiger partial charge in [0.15, 0.2) is 5.75 Å². The maximum atomic E-state index is 11.2. The third-order valence-electron chi connectivity index (χ3n) is 2.99. The number of nitro benzene ring substituents is 1. The molecule has 0 aliphatic rings. The summed E-state index contributed by atoms with van der Waals surface area (Å²) in [6.45, 7) is 2.04. The first-order chi connectivity index (χ1) is 11.5. The summed E-state index contributed by atoms with van der Waals surface area (Å²) in [4.78, 5) is 10.7. The fourth-order valence-electron chi connectivity index (χ4n) is 2.00. The van der Waals surface area contributed by atoms with Crippen molar-refractivity contribution in [2.24, 2.45) is 5.10 Å². The van der Waals surface area contributed by atoms with Crippen molar-refractivity contribution >= 4 is 29.2 Å². The van der Waals surface area contributed by atoms with E-state index in [0.29, 0.717) is 22.9 Å². The molecular formula is C16H16ClN3O4. The number of benzene rings is 2. The van der Waals surface area contributed by atoms with Gasteiger partial charge in [-0.15, -0.1) is 0 Å². The SMILES string of the molecule is CCOc1c(OC)cc(C=NNc2cccc(Cl)c2)cc1[N+](=O)[O-]. The number of nitrogens with zero attached hydrogens (tertiary/aromatic N) is 2. The van der Waals surface area contributed by atoms with Gasteiger partial charge in [0.2, 0.25) is 5.75 Å². The second kappa shape index (κ2) is 8.16. The Morgan fingerprint density at radius 1 is 1.38 bits per heavy atom. The molecule has 0 aliphatic heterocycles. The number of methoxy groups -OCH3 is 1. The zero-order chi connectivity index (χ0) is 17.5. The van der Waals surface area contributed by atoms with Crippen LogP contribution in [-0.2, 0) is 0 Å². The molecule has 0 aliphatic carbocycles. The average molecular weight is 350 g/mol. The highest BCUT2D eigenvalue weighted by Crippen LogP contribution is 2.37. The number of nitro groups is 1. The molecule has 2 aromatic carbocycles. The molecule has 0 heterocycles. The zero-order valence-electron chi connectivity index (χ0n) is 13.2. The van der Waals surface area contributed by atoms with Gasteiger partial charge in [0.1, 0.15) is 0 Å². The highest BCUT2D eigenvalue weighted by atomic mass is 35.5. The van der Waals surface area contributed by atoms with Crippen molar-refractivity contribution < 1.29 is 14.4 Å². The van der Waals surface area contributed by atoms with E-state index in [9.17, 15) is 10.1 Å². The van der Waals surface area contributed by atoms with Crippen molar-refractivity contribution in [3.05, 3.63) is 57.1 Å².